The fourth-order valence-corrected chi connectivity index (χ4v) is 1.86. The Morgan fingerprint density at radius 2 is 1.94 bits per heavy atom. The minimum atomic E-state index is -1.02. The van der Waals surface area contributed by atoms with Crippen molar-refractivity contribution in [1.29, 1.82) is 0 Å². The second kappa shape index (κ2) is 6.13. The van der Waals surface area contributed by atoms with Crippen molar-refractivity contribution in [3.63, 3.8) is 0 Å². The quantitative estimate of drug-likeness (QED) is 0.523. The first-order valence-corrected chi connectivity index (χ1v) is 5.97. The molecule has 0 amide bonds. The molecule has 0 aliphatic carbocycles. The Hall–Kier alpha value is -1.71. The average molecular weight is 236 g/mol. The Morgan fingerprint density at radius 1 is 1.24 bits per heavy atom. The molecule has 1 rings (SSSR count). The van der Waals surface area contributed by atoms with E-state index in [4.69, 9.17) is 16.6 Å². The highest BCUT2D eigenvalue weighted by Crippen LogP contribution is 2.23. The number of benzene rings is 1. The minimum Gasteiger partial charge on any atom is -0.478 e. The van der Waals surface area contributed by atoms with Crippen molar-refractivity contribution in [3.05, 3.63) is 23.3 Å². The third-order valence-electron chi connectivity index (χ3n) is 2.82. The number of carboxylic acids is 1. The van der Waals surface area contributed by atoms with Crippen LogP contribution in [0.2, 0.25) is 0 Å². The molecule has 0 atom stereocenters. The molecule has 94 valence electrons. The van der Waals surface area contributed by atoms with Gasteiger partial charge in [-0.2, -0.15) is 0 Å². The van der Waals surface area contributed by atoms with Crippen molar-refractivity contribution >= 4 is 17.3 Å². The first-order chi connectivity index (χ1) is 8.06. The topological polar surface area (TPSA) is 89.3 Å². The van der Waals surface area contributed by atoms with Gasteiger partial charge in [-0.1, -0.05) is 26.2 Å². The van der Waals surface area contributed by atoms with Crippen LogP contribution in [0.4, 0.5) is 11.4 Å². The lowest BCUT2D eigenvalue weighted by Gasteiger charge is -2.10. The van der Waals surface area contributed by atoms with Gasteiger partial charge in [0, 0.05) is 11.4 Å². The molecule has 0 saturated carbocycles. The Morgan fingerprint density at radius 3 is 2.53 bits per heavy atom. The zero-order valence-electron chi connectivity index (χ0n) is 10.2. The van der Waals surface area contributed by atoms with Gasteiger partial charge in [-0.3, -0.25) is 0 Å². The van der Waals surface area contributed by atoms with Crippen LogP contribution in [0.1, 0.15) is 48.5 Å². The molecule has 0 saturated heterocycles. The summed E-state index contributed by atoms with van der Waals surface area (Å²) in [5, 5.41) is 8.99. The first kappa shape index (κ1) is 13.4. The number of anilines is 2. The second-order valence-electron chi connectivity index (χ2n) is 4.26. The SMILES string of the molecule is CCCCCCc1cc(N)cc(C(=O)O)c1N. The highest BCUT2D eigenvalue weighted by molar-refractivity contribution is 5.95. The molecule has 1 aromatic carbocycles. The van der Waals surface area contributed by atoms with Crippen molar-refractivity contribution in [1.82, 2.24) is 0 Å². The standard InChI is InChI=1S/C13H20N2O2/c1-2-3-4-5-6-9-7-10(14)8-11(12(9)15)13(16)17/h7-8H,2-6,14-15H2,1H3,(H,16,17). The summed E-state index contributed by atoms with van der Waals surface area (Å²) in [5.74, 6) is -1.02. The molecule has 0 unspecified atom stereocenters. The fraction of sp³-hybridized carbons (Fsp3) is 0.462. The van der Waals surface area contributed by atoms with Crippen LogP contribution >= 0.6 is 0 Å². The van der Waals surface area contributed by atoms with Crippen molar-refractivity contribution in [2.24, 2.45) is 0 Å². The summed E-state index contributed by atoms with van der Waals surface area (Å²) in [6.07, 6.45) is 5.30. The van der Waals surface area contributed by atoms with Crippen LogP contribution in [-0.2, 0) is 6.42 Å². The molecule has 0 spiro atoms. The maximum absolute atomic E-state index is 11.0. The van der Waals surface area contributed by atoms with Crippen molar-refractivity contribution in [3.8, 4) is 0 Å². The summed E-state index contributed by atoms with van der Waals surface area (Å²) >= 11 is 0. The zero-order valence-corrected chi connectivity index (χ0v) is 10.2. The molecule has 4 nitrogen and oxygen atoms in total. The van der Waals surface area contributed by atoms with Crippen LogP contribution in [0.5, 0.6) is 0 Å². The number of carbonyl (C=O) groups is 1. The number of nitrogen functional groups attached to an aromatic ring is 2. The molecule has 5 N–H and O–H groups in total. The number of aromatic carboxylic acids is 1. The first-order valence-electron chi connectivity index (χ1n) is 5.97. The van der Waals surface area contributed by atoms with Crippen LogP contribution in [0.3, 0.4) is 0 Å². The lowest BCUT2D eigenvalue weighted by molar-refractivity contribution is 0.0698. The van der Waals surface area contributed by atoms with E-state index in [1.165, 1.54) is 18.9 Å². The van der Waals surface area contributed by atoms with Gasteiger partial charge in [0.05, 0.1) is 5.56 Å². The molecule has 1 aromatic rings. The van der Waals surface area contributed by atoms with Gasteiger partial charge in [-0.25, -0.2) is 4.79 Å². The fourth-order valence-electron chi connectivity index (χ4n) is 1.86. The smallest absolute Gasteiger partial charge is 0.337 e. The van der Waals surface area contributed by atoms with E-state index < -0.39 is 5.97 Å². The van der Waals surface area contributed by atoms with Gasteiger partial charge >= 0.3 is 5.97 Å². The maximum atomic E-state index is 11.0. The van der Waals surface area contributed by atoms with E-state index in [2.05, 4.69) is 6.92 Å². The summed E-state index contributed by atoms with van der Waals surface area (Å²) < 4.78 is 0. The van der Waals surface area contributed by atoms with E-state index in [1.807, 2.05) is 0 Å². The maximum Gasteiger partial charge on any atom is 0.337 e. The van der Waals surface area contributed by atoms with Crippen LogP contribution in [0.15, 0.2) is 12.1 Å². The van der Waals surface area contributed by atoms with Crippen molar-refractivity contribution in [2.45, 2.75) is 39.0 Å². The Bertz CT molecular complexity index is 403. The van der Waals surface area contributed by atoms with Crippen LogP contribution in [0.25, 0.3) is 0 Å². The predicted octanol–water partition coefficient (Wildman–Crippen LogP) is 2.67. The van der Waals surface area contributed by atoms with E-state index in [0.29, 0.717) is 11.4 Å². The summed E-state index contributed by atoms with van der Waals surface area (Å²) in [6, 6.07) is 3.18. The Labute approximate surface area is 102 Å². The number of hydrogen-bond acceptors (Lipinski definition) is 3. The van der Waals surface area contributed by atoms with Crippen molar-refractivity contribution in [2.75, 3.05) is 11.5 Å². The summed E-state index contributed by atoms with van der Waals surface area (Å²) in [4.78, 5) is 11.0. The second-order valence-corrected chi connectivity index (χ2v) is 4.26. The normalized spacial score (nSPS) is 10.4. The third-order valence-corrected chi connectivity index (χ3v) is 2.82. The monoisotopic (exact) mass is 236 g/mol. The molecule has 0 radical (unpaired) electrons. The van der Waals surface area contributed by atoms with Gasteiger partial charge in [-0.05, 0) is 30.5 Å². The third kappa shape index (κ3) is 3.66. The molecule has 17 heavy (non-hydrogen) atoms. The van der Waals surface area contributed by atoms with Gasteiger partial charge < -0.3 is 16.6 Å². The summed E-state index contributed by atoms with van der Waals surface area (Å²) in [7, 11) is 0. The van der Waals surface area contributed by atoms with Gasteiger partial charge in [0.1, 0.15) is 0 Å². The van der Waals surface area contributed by atoms with Gasteiger partial charge in [0.15, 0.2) is 0 Å². The number of hydrogen-bond donors (Lipinski definition) is 3. The van der Waals surface area contributed by atoms with E-state index >= 15 is 0 Å². The molecule has 4 heteroatoms. The van der Waals surface area contributed by atoms with E-state index in [0.717, 1.165) is 24.8 Å². The van der Waals surface area contributed by atoms with Gasteiger partial charge in [0.25, 0.3) is 0 Å². The molecule has 0 bridgehead atoms. The van der Waals surface area contributed by atoms with E-state index in [1.54, 1.807) is 6.07 Å². The highest BCUT2D eigenvalue weighted by Gasteiger charge is 2.12. The van der Waals surface area contributed by atoms with Crippen molar-refractivity contribution < 1.29 is 9.90 Å². The number of carboxylic acid groups (broad SMARTS) is 1. The predicted molar refractivity (Wildman–Crippen MR) is 70.1 cm³/mol. The summed E-state index contributed by atoms with van der Waals surface area (Å²) in [6.45, 7) is 2.15. The molecule has 0 heterocycles. The number of nitrogens with two attached hydrogens (primary N) is 2. The molecular weight excluding hydrogens is 216 g/mol. The van der Waals surface area contributed by atoms with Gasteiger partial charge in [0.2, 0.25) is 0 Å². The lowest BCUT2D eigenvalue weighted by atomic mass is 10.0. The molecular formula is C13H20N2O2. The average Bonchev–Trinajstić information content (AvgIpc) is 2.28. The minimum absolute atomic E-state index is 0.107. The number of unbranched alkanes of at least 4 members (excludes halogenated alkanes) is 3. The van der Waals surface area contributed by atoms with E-state index in [-0.39, 0.29) is 5.56 Å². The van der Waals surface area contributed by atoms with Crippen LogP contribution in [0, 0.1) is 0 Å². The van der Waals surface area contributed by atoms with Crippen LogP contribution in [-0.4, -0.2) is 11.1 Å². The number of aryl methyl sites for hydroxylation is 1. The van der Waals surface area contributed by atoms with Gasteiger partial charge in [-0.15, -0.1) is 0 Å². The molecule has 0 aliphatic heterocycles. The van der Waals surface area contributed by atoms with Crippen LogP contribution < -0.4 is 11.5 Å². The number of rotatable bonds is 6. The van der Waals surface area contributed by atoms with E-state index in [9.17, 15) is 4.79 Å². The largest absolute Gasteiger partial charge is 0.478 e. The lowest BCUT2D eigenvalue weighted by Crippen LogP contribution is -2.07. The molecule has 0 aliphatic rings. The Kier molecular flexibility index (Phi) is 4.82. The molecule has 0 fully saturated rings. The summed E-state index contributed by atoms with van der Waals surface area (Å²) in [5.41, 5.74) is 13.3. The Balaban J connectivity index is 2.81. The zero-order chi connectivity index (χ0) is 12.8. The molecule has 0 aromatic heterocycles. The highest BCUT2D eigenvalue weighted by atomic mass is 16.4.